The topological polar surface area (TPSA) is 41.1 Å². The number of likely N-dealkylation sites (tertiary alicyclic amines) is 1. The Morgan fingerprint density at radius 1 is 1.00 bits per heavy atom. The van der Waals surface area contributed by atoms with Crippen molar-refractivity contribution in [1.82, 2.24) is 14.9 Å². The van der Waals surface area contributed by atoms with Gasteiger partial charge in [-0.25, -0.2) is 9.97 Å². The van der Waals surface area contributed by atoms with E-state index in [-0.39, 0.29) is 0 Å². The van der Waals surface area contributed by atoms with E-state index in [4.69, 9.17) is 0 Å². The van der Waals surface area contributed by atoms with Crippen molar-refractivity contribution in [2.75, 3.05) is 18.4 Å². The summed E-state index contributed by atoms with van der Waals surface area (Å²) in [4.78, 5) is 11.5. The van der Waals surface area contributed by atoms with Crippen LogP contribution in [0.15, 0.2) is 42.7 Å². The van der Waals surface area contributed by atoms with Gasteiger partial charge < -0.3 is 5.32 Å². The molecule has 2 heterocycles. The second-order valence-corrected chi connectivity index (χ2v) is 6.02. The summed E-state index contributed by atoms with van der Waals surface area (Å²) < 4.78 is 0. The van der Waals surface area contributed by atoms with Crippen LogP contribution in [0, 0.1) is 0 Å². The molecule has 1 aromatic heterocycles. The van der Waals surface area contributed by atoms with Crippen molar-refractivity contribution in [2.24, 2.45) is 0 Å². The van der Waals surface area contributed by atoms with E-state index in [1.807, 2.05) is 42.7 Å². The fraction of sp³-hybridized carbons (Fsp3) is 0.412. The maximum atomic E-state index is 4.47. The summed E-state index contributed by atoms with van der Waals surface area (Å²) in [6, 6.07) is 11.5. The molecule has 2 fully saturated rings. The Kier molecular flexibility index (Phi) is 3.31. The lowest BCUT2D eigenvalue weighted by Gasteiger charge is -2.16. The van der Waals surface area contributed by atoms with Crippen LogP contribution in [0.5, 0.6) is 0 Å². The van der Waals surface area contributed by atoms with Crippen molar-refractivity contribution in [3.8, 4) is 11.4 Å². The Morgan fingerprint density at radius 3 is 2.48 bits per heavy atom. The highest BCUT2D eigenvalue weighted by Gasteiger charge is 2.34. The largest absolute Gasteiger partial charge is 0.378 e. The Balaban J connectivity index is 1.40. The van der Waals surface area contributed by atoms with Crippen molar-refractivity contribution in [1.29, 1.82) is 0 Å². The number of hydrogen-bond acceptors (Lipinski definition) is 4. The quantitative estimate of drug-likeness (QED) is 0.935. The molecule has 4 heteroatoms. The van der Waals surface area contributed by atoms with Gasteiger partial charge in [-0.1, -0.05) is 30.3 Å². The highest BCUT2D eigenvalue weighted by Crippen LogP contribution is 2.30. The summed E-state index contributed by atoms with van der Waals surface area (Å²) in [5.41, 5.74) is 2.09. The zero-order valence-electron chi connectivity index (χ0n) is 12.1. The van der Waals surface area contributed by atoms with Crippen LogP contribution in [-0.4, -0.2) is 40.0 Å². The van der Waals surface area contributed by atoms with Crippen molar-refractivity contribution in [2.45, 2.75) is 31.3 Å². The highest BCUT2D eigenvalue weighted by atomic mass is 15.2. The summed E-state index contributed by atoms with van der Waals surface area (Å²) >= 11 is 0. The molecule has 108 valence electrons. The first-order chi connectivity index (χ1) is 10.4. The molecule has 1 saturated heterocycles. The van der Waals surface area contributed by atoms with Gasteiger partial charge in [-0.3, -0.25) is 4.90 Å². The van der Waals surface area contributed by atoms with Crippen LogP contribution < -0.4 is 5.32 Å². The maximum Gasteiger partial charge on any atom is 0.159 e. The molecule has 0 spiro atoms. The van der Waals surface area contributed by atoms with Gasteiger partial charge in [-0.15, -0.1) is 0 Å². The fourth-order valence-corrected chi connectivity index (χ4v) is 3.05. The molecule has 1 atom stereocenters. The van der Waals surface area contributed by atoms with Gasteiger partial charge in [-0.05, 0) is 19.3 Å². The van der Waals surface area contributed by atoms with Gasteiger partial charge in [0.15, 0.2) is 5.82 Å². The number of anilines is 1. The monoisotopic (exact) mass is 280 g/mol. The number of nitrogens with zero attached hydrogens (tertiary/aromatic N) is 3. The fourth-order valence-electron chi connectivity index (χ4n) is 3.05. The first-order valence-corrected chi connectivity index (χ1v) is 7.76. The summed E-state index contributed by atoms with van der Waals surface area (Å²) in [5.74, 6) is 0.784. The normalized spacial score (nSPS) is 22.4. The predicted molar refractivity (Wildman–Crippen MR) is 84.1 cm³/mol. The van der Waals surface area contributed by atoms with Crippen molar-refractivity contribution in [3.05, 3.63) is 42.7 Å². The third-order valence-corrected chi connectivity index (χ3v) is 4.34. The molecule has 21 heavy (non-hydrogen) atoms. The Hall–Kier alpha value is -1.94. The van der Waals surface area contributed by atoms with Crippen LogP contribution in [0.2, 0.25) is 0 Å². The molecule has 4 nitrogen and oxygen atoms in total. The molecule has 1 aliphatic carbocycles. The van der Waals surface area contributed by atoms with E-state index in [0.29, 0.717) is 6.04 Å². The van der Waals surface area contributed by atoms with E-state index in [9.17, 15) is 0 Å². The molecule has 4 rings (SSSR count). The Bertz CT molecular complexity index is 592. The zero-order chi connectivity index (χ0) is 14.1. The van der Waals surface area contributed by atoms with E-state index < -0.39 is 0 Å². The van der Waals surface area contributed by atoms with Crippen LogP contribution >= 0.6 is 0 Å². The molecular weight excluding hydrogens is 260 g/mol. The van der Waals surface area contributed by atoms with E-state index in [1.54, 1.807) is 0 Å². The molecule has 1 aliphatic heterocycles. The summed E-state index contributed by atoms with van der Waals surface area (Å²) in [6.45, 7) is 2.39. The molecule has 0 radical (unpaired) electrons. The van der Waals surface area contributed by atoms with Crippen molar-refractivity contribution in [3.63, 3.8) is 0 Å². The average Bonchev–Trinajstić information content (AvgIpc) is 3.29. The maximum absolute atomic E-state index is 4.47. The van der Waals surface area contributed by atoms with Gasteiger partial charge in [0.25, 0.3) is 0 Å². The predicted octanol–water partition coefficient (Wildman–Crippen LogP) is 2.79. The van der Waals surface area contributed by atoms with Crippen LogP contribution in [0.4, 0.5) is 5.69 Å². The minimum absolute atomic E-state index is 0.539. The number of benzene rings is 1. The number of nitrogens with one attached hydrogen (secondary N) is 1. The first-order valence-electron chi connectivity index (χ1n) is 7.76. The third kappa shape index (κ3) is 2.90. The summed E-state index contributed by atoms with van der Waals surface area (Å²) in [7, 11) is 0. The zero-order valence-corrected chi connectivity index (χ0v) is 12.1. The lowest BCUT2D eigenvalue weighted by Crippen LogP contribution is -2.27. The van der Waals surface area contributed by atoms with Crippen LogP contribution in [-0.2, 0) is 0 Å². The second-order valence-electron chi connectivity index (χ2n) is 6.02. The standard InChI is InChI=1S/C17H20N4/c1-2-4-13(5-3-1)17-18-10-15(11-19-17)20-14-8-9-21(12-14)16-6-7-16/h1-5,10-11,14,16,20H,6-9,12H2. The average molecular weight is 280 g/mol. The first kappa shape index (κ1) is 12.8. The third-order valence-electron chi connectivity index (χ3n) is 4.34. The van der Waals surface area contributed by atoms with Crippen LogP contribution in [0.25, 0.3) is 11.4 Å². The number of hydrogen-bond donors (Lipinski definition) is 1. The summed E-state index contributed by atoms with van der Waals surface area (Å²) in [5, 5.41) is 3.57. The van der Waals surface area contributed by atoms with E-state index in [0.717, 1.165) is 29.7 Å². The van der Waals surface area contributed by atoms with E-state index in [2.05, 4.69) is 20.2 Å². The SMILES string of the molecule is c1ccc(-c2ncc(NC3CCN(C4CC4)C3)cn2)cc1. The van der Waals surface area contributed by atoms with Gasteiger partial charge in [0.2, 0.25) is 0 Å². The minimum atomic E-state index is 0.539. The molecule has 1 N–H and O–H groups in total. The lowest BCUT2D eigenvalue weighted by molar-refractivity contribution is 0.326. The molecule has 2 aliphatic rings. The lowest BCUT2D eigenvalue weighted by atomic mass is 10.2. The smallest absolute Gasteiger partial charge is 0.159 e. The van der Waals surface area contributed by atoms with Crippen molar-refractivity contribution < 1.29 is 0 Å². The van der Waals surface area contributed by atoms with Gasteiger partial charge in [0, 0.05) is 30.7 Å². The molecule has 2 aromatic rings. The van der Waals surface area contributed by atoms with Gasteiger partial charge in [0.05, 0.1) is 18.1 Å². The van der Waals surface area contributed by atoms with E-state index in [1.165, 1.54) is 25.8 Å². The van der Waals surface area contributed by atoms with Crippen LogP contribution in [0.1, 0.15) is 19.3 Å². The van der Waals surface area contributed by atoms with E-state index >= 15 is 0 Å². The van der Waals surface area contributed by atoms with Gasteiger partial charge >= 0.3 is 0 Å². The molecule has 0 amide bonds. The Morgan fingerprint density at radius 2 is 1.76 bits per heavy atom. The molecular formula is C17H20N4. The summed E-state index contributed by atoms with van der Waals surface area (Å²) in [6.07, 6.45) is 7.80. The molecule has 1 saturated carbocycles. The highest BCUT2D eigenvalue weighted by molar-refractivity contribution is 5.55. The number of aromatic nitrogens is 2. The molecule has 1 unspecified atom stereocenters. The van der Waals surface area contributed by atoms with Gasteiger partial charge in [-0.2, -0.15) is 0 Å². The van der Waals surface area contributed by atoms with Crippen molar-refractivity contribution >= 4 is 5.69 Å². The van der Waals surface area contributed by atoms with Gasteiger partial charge in [0.1, 0.15) is 0 Å². The Labute approximate surface area is 125 Å². The minimum Gasteiger partial charge on any atom is -0.378 e. The second kappa shape index (κ2) is 5.45. The van der Waals surface area contributed by atoms with Crippen LogP contribution in [0.3, 0.4) is 0 Å². The molecule has 0 bridgehead atoms. The number of rotatable bonds is 4. The molecule has 1 aromatic carbocycles.